The third-order valence-electron chi connectivity index (χ3n) is 4.54. The van der Waals surface area contributed by atoms with Gasteiger partial charge in [0.2, 0.25) is 0 Å². The van der Waals surface area contributed by atoms with E-state index in [1.807, 2.05) is 67.7 Å². The maximum Gasteiger partial charge on any atom is 0.331 e. The zero-order valence-electron chi connectivity index (χ0n) is 17.3. The molecule has 8 nitrogen and oxygen atoms in total. The number of aromatic nitrogens is 3. The molecule has 0 saturated carbocycles. The van der Waals surface area contributed by atoms with E-state index in [4.69, 9.17) is 9.84 Å². The Balaban J connectivity index is 1.50. The number of nitrogens with zero attached hydrogens (tertiary/aromatic N) is 3. The first-order chi connectivity index (χ1) is 15.6. The number of rotatable bonds is 7. The average Bonchev–Trinajstić information content (AvgIpc) is 3.47. The summed E-state index contributed by atoms with van der Waals surface area (Å²) in [4.78, 5) is 24.0. The van der Waals surface area contributed by atoms with Gasteiger partial charge in [-0.2, -0.15) is 5.10 Å². The number of benzene rings is 2. The molecular weight excluding hydrogens is 408 g/mol. The number of aryl methyl sites for hydroxylation is 1. The summed E-state index contributed by atoms with van der Waals surface area (Å²) in [5.41, 5.74) is 4.42. The molecule has 0 aliphatic carbocycles. The van der Waals surface area contributed by atoms with Gasteiger partial charge in [0.15, 0.2) is 12.4 Å². The molecule has 1 N–H and O–H groups in total. The molecule has 0 spiro atoms. The summed E-state index contributed by atoms with van der Waals surface area (Å²) in [6.45, 7) is 1.58. The number of esters is 1. The molecule has 0 bridgehead atoms. The Labute approximate surface area is 184 Å². The van der Waals surface area contributed by atoms with Gasteiger partial charge in [0.05, 0.1) is 11.4 Å². The molecule has 2 aromatic heterocycles. The van der Waals surface area contributed by atoms with Crippen LogP contribution in [-0.2, 0) is 14.3 Å². The van der Waals surface area contributed by atoms with E-state index >= 15 is 0 Å². The van der Waals surface area contributed by atoms with Crippen LogP contribution in [0, 0.1) is 6.92 Å². The van der Waals surface area contributed by atoms with Crippen molar-refractivity contribution in [3.63, 3.8) is 0 Å². The van der Waals surface area contributed by atoms with Gasteiger partial charge in [0.25, 0.3) is 5.91 Å². The van der Waals surface area contributed by atoms with Crippen molar-refractivity contribution in [3.05, 3.63) is 90.3 Å². The molecule has 0 saturated heterocycles. The van der Waals surface area contributed by atoms with Crippen LogP contribution in [0.15, 0.2) is 83.7 Å². The molecule has 2 heterocycles. The monoisotopic (exact) mass is 428 g/mol. The largest absolute Gasteiger partial charge is 0.452 e. The fraction of sp³-hybridized carbons (Fsp3) is 0.0833. The Kier molecular flexibility index (Phi) is 6.22. The van der Waals surface area contributed by atoms with Crippen LogP contribution in [0.3, 0.4) is 0 Å². The number of para-hydroxylation sites is 1. The molecule has 0 aliphatic rings. The smallest absolute Gasteiger partial charge is 0.331 e. The van der Waals surface area contributed by atoms with Gasteiger partial charge in [0.1, 0.15) is 6.26 Å². The second-order valence-corrected chi connectivity index (χ2v) is 6.95. The number of nitrogens with one attached hydrogen (secondary N) is 1. The molecule has 0 fully saturated rings. The summed E-state index contributed by atoms with van der Waals surface area (Å²) >= 11 is 0. The van der Waals surface area contributed by atoms with E-state index in [1.54, 1.807) is 10.8 Å². The lowest BCUT2D eigenvalue weighted by atomic mass is 10.1. The molecule has 32 heavy (non-hydrogen) atoms. The lowest BCUT2D eigenvalue weighted by Gasteiger charge is -2.02. The summed E-state index contributed by atoms with van der Waals surface area (Å²) in [5, 5.41) is 10.7. The predicted octanol–water partition coefficient (Wildman–Crippen LogP) is 4.03. The van der Waals surface area contributed by atoms with Crippen LogP contribution in [-0.4, -0.2) is 33.4 Å². The molecule has 4 aromatic rings. The second kappa shape index (κ2) is 9.57. The van der Waals surface area contributed by atoms with Crippen molar-refractivity contribution in [2.24, 2.45) is 0 Å². The van der Waals surface area contributed by atoms with Crippen molar-refractivity contribution in [2.75, 3.05) is 11.9 Å². The first kappa shape index (κ1) is 20.8. The number of hydrogen-bond acceptors (Lipinski definition) is 6. The number of anilines is 1. The Bertz CT molecular complexity index is 1230. The molecule has 1 amide bonds. The average molecular weight is 428 g/mol. The molecule has 4 rings (SSSR count). The quantitative estimate of drug-likeness (QED) is 0.352. The number of ether oxygens (including phenoxy) is 1. The molecule has 8 heteroatoms. The van der Waals surface area contributed by atoms with Gasteiger partial charge >= 0.3 is 5.97 Å². The van der Waals surface area contributed by atoms with Crippen molar-refractivity contribution >= 4 is 23.8 Å². The Morgan fingerprint density at radius 3 is 2.59 bits per heavy atom. The van der Waals surface area contributed by atoms with Gasteiger partial charge < -0.3 is 14.6 Å². The molecule has 0 unspecified atom stereocenters. The van der Waals surface area contributed by atoms with Crippen molar-refractivity contribution in [1.29, 1.82) is 0 Å². The third-order valence-corrected chi connectivity index (χ3v) is 4.54. The molecule has 0 atom stereocenters. The maximum absolute atomic E-state index is 12.1. The number of hydrogen-bond donors (Lipinski definition) is 1. The van der Waals surface area contributed by atoms with Crippen LogP contribution in [0.4, 0.5) is 5.82 Å². The number of carbonyl (C=O) groups is 2. The van der Waals surface area contributed by atoms with Crippen molar-refractivity contribution in [2.45, 2.75) is 6.92 Å². The summed E-state index contributed by atoms with van der Waals surface area (Å²) in [6, 6.07) is 19.1. The van der Waals surface area contributed by atoms with Gasteiger partial charge in [-0.05, 0) is 25.1 Å². The molecule has 0 radical (unpaired) electrons. The highest BCUT2D eigenvalue weighted by Crippen LogP contribution is 2.25. The van der Waals surface area contributed by atoms with E-state index in [0.29, 0.717) is 0 Å². The second-order valence-electron chi connectivity index (χ2n) is 6.95. The zero-order chi connectivity index (χ0) is 22.3. The summed E-state index contributed by atoms with van der Waals surface area (Å²) in [7, 11) is 0. The fourth-order valence-electron chi connectivity index (χ4n) is 2.96. The minimum absolute atomic E-state index is 0.248. The van der Waals surface area contributed by atoms with E-state index in [-0.39, 0.29) is 5.82 Å². The summed E-state index contributed by atoms with van der Waals surface area (Å²) < 4.78 is 11.4. The Morgan fingerprint density at radius 2 is 1.88 bits per heavy atom. The van der Waals surface area contributed by atoms with Crippen molar-refractivity contribution in [3.8, 4) is 16.9 Å². The van der Waals surface area contributed by atoms with Crippen molar-refractivity contribution in [1.82, 2.24) is 14.9 Å². The van der Waals surface area contributed by atoms with Crippen LogP contribution in [0.5, 0.6) is 0 Å². The normalized spacial score (nSPS) is 10.9. The lowest BCUT2D eigenvalue weighted by Crippen LogP contribution is -2.20. The first-order valence-electron chi connectivity index (χ1n) is 9.86. The minimum Gasteiger partial charge on any atom is -0.452 e. The summed E-state index contributed by atoms with van der Waals surface area (Å²) in [5.74, 6) is -0.918. The van der Waals surface area contributed by atoms with Crippen LogP contribution in [0.1, 0.15) is 11.1 Å². The highest BCUT2D eigenvalue weighted by Gasteiger charge is 2.12. The van der Waals surface area contributed by atoms with Crippen LogP contribution >= 0.6 is 0 Å². The zero-order valence-corrected chi connectivity index (χ0v) is 17.3. The van der Waals surface area contributed by atoms with E-state index in [9.17, 15) is 9.59 Å². The van der Waals surface area contributed by atoms with Gasteiger partial charge in [0, 0.05) is 29.5 Å². The molecule has 160 valence electrons. The molecule has 0 aliphatic heterocycles. The van der Waals surface area contributed by atoms with E-state index < -0.39 is 18.5 Å². The minimum atomic E-state index is -0.650. The van der Waals surface area contributed by atoms with Crippen LogP contribution in [0.2, 0.25) is 0 Å². The molecular formula is C24H20N4O4. The topological polar surface area (TPSA) is 99.2 Å². The Hall–Kier alpha value is -4.46. The Morgan fingerprint density at radius 1 is 1.09 bits per heavy atom. The lowest BCUT2D eigenvalue weighted by molar-refractivity contribution is -0.142. The van der Waals surface area contributed by atoms with Gasteiger partial charge in [-0.1, -0.05) is 53.2 Å². The van der Waals surface area contributed by atoms with E-state index in [1.165, 1.54) is 18.4 Å². The van der Waals surface area contributed by atoms with E-state index in [0.717, 1.165) is 28.1 Å². The standard InChI is InChI=1S/C24H20N4O4/c1-17-7-9-18(10-8-17)24-19(15-28(26-24)20-5-3-2-4-6-20)11-12-23(30)31-16-22(29)25-21-13-14-32-27-21/h2-15H,16H2,1H3,(H,25,27,29)/b12-11+. The highest BCUT2D eigenvalue weighted by molar-refractivity contribution is 5.94. The van der Waals surface area contributed by atoms with Gasteiger partial charge in [-0.3, -0.25) is 4.79 Å². The van der Waals surface area contributed by atoms with Gasteiger partial charge in [-0.15, -0.1) is 0 Å². The van der Waals surface area contributed by atoms with E-state index in [2.05, 4.69) is 15.0 Å². The van der Waals surface area contributed by atoms with Crippen LogP contribution in [0.25, 0.3) is 23.0 Å². The van der Waals surface area contributed by atoms with Crippen LogP contribution < -0.4 is 5.32 Å². The third kappa shape index (κ3) is 5.17. The summed E-state index contributed by atoms with van der Waals surface area (Å²) in [6.07, 6.45) is 6.06. The highest BCUT2D eigenvalue weighted by atomic mass is 16.5. The maximum atomic E-state index is 12.1. The number of amides is 1. The van der Waals surface area contributed by atoms with Crippen molar-refractivity contribution < 1.29 is 18.8 Å². The fourth-order valence-corrected chi connectivity index (χ4v) is 2.96. The number of carbonyl (C=O) groups excluding carboxylic acids is 2. The first-order valence-corrected chi connectivity index (χ1v) is 9.86. The SMILES string of the molecule is Cc1ccc(-c2nn(-c3ccccc3)cc2/C=C/C(=O)OCC(=O)Nc2ccon2)cc1. The molecule has 2 aromatic carbocycles. The van der Waals surface area contributed by atoms with Gasteiger partial charge in [-0.25, -0.2) is 9.48 Å². The predicted molar refractivity (Wildman–Crippen MR) is 119 cm³/mol.